The number of halogens is 6. The van der Waals surface area contributed by atoms with E-state index in [1.165, 1.54) is 14.0 Å². The van der Waals surface area contributed by atoms with Crippen molar-refractivity contribution in [3.8, 4) is 0 Å². The number of aromatic nitrogens is 2. The van der Waals surface area contributed by atoms with E-state index in [-0.39, 0.29) is 12.1 Å². The lowest BCUT2D eigenvalue weighted by atomic mass is 9.91. The maximum absolute atomic E-state index is 13.0. The van der Waals surface area contributed by atoms with Crippen molar-refractivity contribution in [2.24, 2.45) is 7.05 Å². The van der Waals surface area contributed by atoms with Crippen molar-refractivity contribution in [1.29, 1.82) is 0 Å². The van der Waals surface area contributed by atoms with Gasteiger partial charge in [-0.15, -0.1) is 0 Å². The van der Waals surface area contributed by atoms with E-state index in [0.717, 1.165) is 10.6 Å². The van der Waals surface area contributed by atoms with Crippen molar-refractivity contribution in [2.45, 2.75) is 31.4 Å². The van der Waals surface area contributed by atoms with Crippen LogP contribution in [0.4, 0.5) is 26.3 Å². The SMILES string of the molecule is CCn1c(=O)c2cc(C(O)(C(F)(F)F)C(F)(F)F)ccc2n(C)c1=O. The van der Waals surface area contributed by atoms with E-state index in [1.807, 2.05) is 0 Å². The summed E-state index contributed by atoms with van der Waals surface area (Å²) in [7, 11) is 1.22. The molecule has 2 aromatic rings. The smallest absolute Gasteiger partial charge is 0.369 e. The van der Waals surface area contributed by atoms with Crippen LogP contribution in [0, 0.1) is 0 Å². The highest BCUT2D eigenvalue weighted by molar-refractivity contribution is 5.79. The van der Waals surface area contributed by atoms with E-state index in [0.29, 0.717) is 16.7 Å². The van der Waals surface area contributed by atoms with Crippen molar-refractivity contribution < 1.29 is 31.4 Å². The largest absolute Gasteiger partial charge is 0.430 e. The highest BCUT2D eigenvalue weighted by Gasteiger charge is 2.71. The van der Waals surface area contributed by atoms with Crippen molar-refractivity contribution in [2.75, 3.05) is 0 Å². The summed E-state index contributed by atoms with van der Waals surface area (Å²) in [6, 6.07) is 1.46. The van der Waals surface area contributed by atoms with Gasteiger partial charge in [0, 0.05) is 19.2 Å². The van der Waals surface area contributed by atoms with Crippen LogP contribution in [0.5, 0.6) is 0 Å². The number of hydrogen-bond acceptors (Lipinski definition) is 3. The van der Waals surface area contributed by atoms with Crippen LogP contribution >= 0.6 is 0 Å². The summed E-state index contributed by atoms with van der Waals surface area (Å²) < 4.78 is 79.4. The van der Waals surface area contributed by atoms with Gasteiger partial charge in [0.05, 0.1) is 10.9 Å². The zero-order chi connectivity index (χ0) is 19.4. The molecule has 11 heteroatoms. The Morgan fingerprint density at radius 1 is 1.04 bits per heavy atom. The number of rotatable bonds is 2. The summed E-state index contributed by atoms with van der Waals surface area (Å²) in [6.07, 6.45) is -12.1. The Morgan fingerprint density at radius 3 is 2.00 bits per heavy atom. The van der Waals surface area contributed by atoms with Gasteiger partial charge in [0.2, 0.25) is 0 Å². The van der Waals surface area contributed by atoms with E-state index >= 15 is 0 Å². The minimum atomic E-state index is -6.07. The molecule has 0 saturated heterocycles. The van der Waals surface area contributed by atoms with Gasteiger partial charge in [-0.3, -0.25) is 13.9 Å². The first kappa shape index (κ1) is 19.0. The molecular formula is C14H12F6N2O3. The third kappa shape index (κ3) is 2.62. The van der Waals surface area contributed by atoms with Crippen LogP contribution in [0.25, 0.3) is 10.9 Å². The van der Waals surface area contributed by atoms with E-state index in [9.17, 15) is 41.0 Å². The van der Waals surface area contributed by atoms with Crippen LogP contribution in [-0.2, 0) is 19.2 Å². The molecule has 1 N–H and O–H groups in total. The molecule has 0 atom stereocenters. The quantitative estimate of drug-likeness (QED) is 0.823. The van der Waals surface area contributed by atoms with Gasteiger partial charge in [-0.05, 0) is 19.1 Å². The molecule has 1 heterocycles. The van der Waals surface area contributed by atoms with Gasteiger partial charge in [0.25, 0.3) is 11.2 Å². The number of fused-ring (bicyclic) bond motifs is 1. The average molecular weight is 370 g/mol. The van der Waals surface area contributed by atoms with E-state index < -0.39 is 40.2 Å². The summed E-state index contributed by atoms with van der Waals surface area (Å²) in [5.74, 6) is 0. The Hall–Kier alpha value is -2.30. The number of aryl methyl sites for hydroxylation is 1. The van der Waals surface area contributed by atoms with E-state index in [2.05, 4.69) is 0 Å². The molecule has 0 unspecified atom stereocenters. The molecule has 1 aromatic carbocycles. The Bertz CT molecular complexity index is 925. The van der Waals surface area contributed by atoms with Gasteiger partial charge in [0.1, 0.15) is 0 Å². The molecule has 0 aliphatic carbocycles. The molecule has 1 aromatic heterocycles. The molecule has 0 radical (unpaired) electrons. The molecule has 5 nitrogen and oxygen atoms in total. The highest BCUT2D eigenvalue weighted by atomic mass is 19.4. The van der Waals surface area contributed by atoms with Crippen LogP contribution in [-0.4, -0.2) is 26.6 Å². The summed E-state index contributed by atoms with van der Waals surface area (Å²) >= 11 is 0. The fraction of sp³-hybridized carbons (Fsp3) is 0.429. The number of alkyl halides is 6. The zero-order valence-electron chi connectivity index (χ0n) is 12.9. The first-order valence-corrected chi connectivity index (χ1v) is 6.87. The second-order valence-corrected chi connectivity index (χ2v) is 5.33. The fourth-order valence-electron chi connectivity index (χ4n) is 2.51. The molecule has 0 fully saturated rings. The summed E-state index contributed by atoms with van der Waals surface area (Å²) in [4.78, 5) is 24.2. The maximum Gasteiger partial charge on any atom is 0.430 e. The molecule has 0 saturated carbocycles. The first-order chi connectivity index (χ1) is 11.3. The molecule has 0 bridgehead atoms. The number of aliphatic hydroxyl groups is 1. The first-order valence-electron chi connectivity index (χ1n) is 6.87. The van der Waals surface area contributed by atoms with Crippen LogP contribution < -0.4 is 11.2 Å². The molecular weight excluding hydrogens is 358 g/mol. The third-order valence-corrected chi connectivity index (χ3v) is 3.91. The minimum Gasteiger partial charge on any atom is -0.369 e. The Labute approximate surface area is 135 Å². The Balaban J connectivity index is 2.95. The number of hydrogen-bond donors (Lipinski definition) is 1. The summed E-state index contributed by atoms with van der Waals surface area (Å²) in [5.41, 5.74) is -8.68. The normalized spacial score (nSPS) is 13.5. The lowest BCUT2D eigenvalue weighted by Gasteiger charge is -2.32. The van der Waals surface area contributed by atoms with Gasteiger partial charge < -0.3 is 5.11 Å². The molecule has 2 rings (SSSR count). The average Bonchev–Trinajstić information content (AvgIpc) is 2.50. The minimum absolute atomic E-state index is 0.130. The topological polar surface area (TPSA) is 64.2 Å². The molecule has 25 heavy (non-hydrogen) atoms. The summed E-state index contributed by atoms with van der Waals surface area (Å²) in [5, 5.41) is 8.88. The predicted octanol–water partition coefficient (Wildman–Crippen LogP) is 2.03. The van der Waals surface area contributed by atoms with Gasteiger partial charge in [-0.2, -0.15) is 26.3 Å². The van der Waals surface area contributed by atoms with Gasteiger partial charge >= 0.3 is 18.0 Å². The molecule has 0 aliphatic heterocycles. The molecule has 0 spiro atoms. The van der Waals surface area contributed by atoms with E-state index in [1.54, 1.807) is 0 Å². The number of nitrogens with zero attached hydrogens (tertiary/aromatic N) is 2. The molecule has 138 valence electrons. The van der Waals surface area contributed by atoms with Gasteiger partial charge in [-0.25, -0.2) is 4.79 Å². The maximum atomic E-state index is 13.0. The van der Waals surface area contributed by atoms with Crippen molar-refractivity contribution >= 4 is 10.9 Å². The van der Waals surface area contributed by atoms with Crippen LogP contribution in [0.15, 0.2) is 27.8 Å². The Morgan fingerprint density at radius 2 is 1.56 bits per heavy atom. The molecule has 0 amide bonds. The zero-order valence-corrected chi connectivity index (χ0v) is 12.9. The van der Waals surface area contributed by atoms with Crippen LogP contribution in [0.1, 0.15) is 12.5 Å². The monoisotopic (exact) mass is 370 g/mol. The van der Waals surface area contributed by atoms with E-state index in [4.69, 9.17) is 0 Å². The lowest BCUT2D eigenvalue weighted by Crippen LogP contribution is -2.54. The standard InChI is InChI=1S/C14H12F6N2O3/c1-3-22-10(23)8-6-7(4-5-9(8)21(2)11(22)24)12(25,13(15,16)17)14(18,19)20/h4-6,25H,3H2,1-2H3. The fourth-order valence-corrected chi connectivity index (χ4v) is 2.51. The third-order valence-electron chi connectivity index (χ3n) is 3.91. The lowest BCUT2D eigenvalue weighted by molar-refractivity contribution is -0.376. The summed E-state index contributed by atoms with van der Waals surface area (Å²) in [6.45, 7) is 1.29. The van der Waals surface area contributed by atoms with Gasteiger partial charge in [0.15, 0.2) is 0 Å². The second kappa shape index (κ2) is 5.61. The van der Waals surface area contributed by atoms with Crippen LogP contribution in [0.3, 0.4) is 0 Å². The predicted molar refractivity (Wildman–Crippen MR) is 75.1 cm³/mol. The second-order valence-electron chi connectivity index (χ2n) is 5.33. The Kier molecular flexibility index (Phi) is 4.27. The highest BCUT2D eigenvalue weighted by Crippen LogP contribution is 2.50. The van der Waals surface area contributed by atoms with Crippen molar-refractivity contribution in [1.82, 2.24) is 9.13 Å². The van der Waals surface area contributed by atoms with Crippen molar-refractivity contribution in [3.63, 3.8) is 0 Å². The van der Waals surface area contributed by atoms with Crippen LogP contribution in [0.2, 0.25) is 0 Å². The molecule has 0 aliphatic rings. The number of benzene rings is 1. The van der Waals surface area contributed by atoms with Crippen molar-refractivity contribution in [3.05, 3.63) is 44.6 Å². The van der Waals surface area contributed by atoms with Gasteiger partial charge in [-0.1, -0.05) is 6.07 Å².